The Kier molecular flexibility index (Phi) is 5.59. The van der Waals surface area contributed by atoms with Crippen LogP contribution in [-0.4, -0.2) is 40.3 Å². The predicted octanol–water partition coefficient (Wildman–Crippen LogP) is 0.792. The summed E-state index contributed by atoms with van der Waals surface area (Å²) in [5.41, 5.74) is -0.371. The van der Waals surface area contributed by atoms with E-state index in [9.17, 15) is 9.00 Å². The zero-order valence-electron chi connectivity index (χ0n) is 11.0. The summed E-state index contributed by atoms with van der Waals surface area (Å²) < 4.78 is 11.2. The second kappa shape index (κ2) is 6.50. The molecule has 0 aromatic carbocycles. The molecule has 1 aliphatic heterocycles. The predicted molar refractivity (Wildman–Crippen MR) is 71.4 cm³/mol. The third kappa shape index (κ3) is 3.78. The fraction of sp³-hybridized carbons (Fsp3) is 0.917. The first-order chi connectivity index (χ1) is 8.02. The van der Waals surface area contributed by atoms with Gasteiger partial charge in [-0.15, -0.1) is 0 Å². The van der Waals surface area contributed by atoms with Gasteiger partial charge in [0.05, 0.1) is 5.54 Å². The molecule has 0 saturated carbocycles. The topological polar surface area (TPSA) is 58.2 Å². The van der Waals surface area contributed by atoms with Gasteiger partial charge in [0.25, 0.3) is 0 Å². The molecule has 3 unspecified atom stereocenters. The van der Waals surface area contributed by atoms with Crippen molar-refractivity contribution in [1.82, 2.24) is 10.6 Å². The Morgan fingerprint density at radius 3 is 2.76 bits per heavy atom. The van der Waals surface area contributed by atoms with Crippen LogP contribution < -0.4 is 10.6 Å². The van der Waals surface area contributed by atoms with Crippen LogP contribution in [0.5, 0.6) is 0 Å². The quantitative estimate of drug-likeness (QED) is 0.742. The van der Waals surface area contributed by atoms with Crippen molar-refractivity contribution in [3.63, 3.8) is 0 Å². The number of nitrogens with one attached hydrogen (secondary N) is 2. The SMILES string of the molecule is CCCC1(C(=O)NCC(C)S(C)=O)CCCN1. The van der Waals surface area contributed by atoms with Crippen molar-refractivity contribution in [2.24, 2.45) is 0 Å². The van der Waals surface area contributed by atoms with Crippen LogP contribution >= 0.6 is 0 Å². The van der Waals surface area contributed by atoms with Crippen LogP contribution in [-0.2, 0) is 15.6 Å². The molecule has 1 rings (SSSR count). The van der Waals surface area contributed by atoms with E-state index in [0.29, 0.717) is 6.54 Å². The van der Waals surface area contributed by atoms with Crippen molar-refractivity contribution >= 4 is 16.7 Å². The van der Waals surface area contributed by atoms with Gasteiger partial charge in [-0.25, -0.2) is 0 Å². The third-order valence-corrected chi connectivity index (χ3v) is 4.77. The molecule has 0 radical (unpaired) electrons. The van der Waals surface area contributed by atoms with Crippen molar-refractivity contribution in [1.29, 1.82) is 0 Å². The minimum atomic E-state index is -0.881. The zero-order valence-corrected chi connectivity index (χ0v) is 11.9. The second-order valence-electron chi connectivity index (χ2n) is 4.88. The summed E-state index contributed by atoms with van der Waals surface area (Å²) in [5, 5.41) is 6.29. The first-order valence-corrected chi connectivity index (χ1v) is 7.99. The molecule has 2 N–H and O–H groups in total. The zero-order chi connectivity index (χ0) is 12.9. The normalized spacial score (nSPS) is 27.7. The molecular formula is C12H24N2O2S. The maximum Gasteiger partial charge on any atom is 0.240 e. The summed E-state index contributed by atoms with van der Waals surface area (Å²) in [5.74, 6) is 0.0779. The lowest BCUT2D eigenvalue weighted by atomic mass is 9.91. The lowest BCUT2D eigenvalue weighted by Crippen LogP contribution is -2.54. The van der Waals surface area contributed by atoms with E-state index in [1.54, 1.807) is 6.26 Å². The maximum absolute atomic E-state index is 12.2. The Morgan fingerprint density at radius 2 is 2.29 bits per heavy atom. The summed E-state index contributed by atoms with van der Waals surface area (Å²) >= 11 is 0. The van der Waals surface area contributed by atoms with E-state index in [4.69, 9.17) is 0 Å². The Morgan fingerprint density at radius 1 is 1.59 bits per heavy atom. The van der Waals surface area contributed by atoms with Gasteiger partial charge in [-0.2, -0.15) is 0 Å². The molecule has 0 aromatic rings. The number of carbonyl (C=O) groups excluding carboxylic acids is 1. The fourth-order valence-corrected chi connectivity index (χ4v) is 2.59. The standard InChI is InChI=1S/C12H24N2O2S/c1-4-6-12(7-5-8-14-12)11(15)13-9-10(2)17(3)16/h10,14H,4-9H2,1-3H3,(H,13,15). The van der Waals surface area contributed by atoms with E-state index < -0.39 is 10.8 Å². The van der Waals surface area contributed by atoms with Gasteiger partial charge in [0.15, 0.2) is 0 Å². The van der Waals surface area contributed by atoms with E-state index >= 15 is 0 Å². The van der Waals surface area contributed by atoms with Crippen molar-refractivity contribution in [3.05, 3.63) is 0 Å². The molecule has 1 heterocycles. The summed E-state index contributed by atoms with van der Waals surface area (Å²) in [6.07, 6.45) is 5.52. The first kappa shape index (κ1) is 14.6. The van der Waals surface area contributed by atoms with Gasteiger partial charge in [-0.1, -0.05) is 13.3 Å². The Labute approximate surface area is 106 Å². The second-order valence-corrected chi connectivity index (χ2v) is 6.68. The van der Waals surface area contributed by atoms with Gasteiger partial charge in [0.1, 0.15) is 0 Å². The van der Waals surface area contributed by atoms with E-state index in [2.05, 4.69) is 17.6 Å². The van der Waals surface area contributed by atoms with E-state index in [1.807, 2.05) is 6.92 Å². The molecule has 1 amide bonds. The van der Waals surface area contributed by atoms with Crippen LogP contribution in [0.3, 0.4) is 0 Å². The number of carbonyl (C=O) groups is 1. The van der Waals surface area contributed by atoms with Gasteiger partial charge in [0.2, 0.25) is 5.91 Å². The van der Waals surface area contributed by atoms with E-state index in [1.165, 1.54) is 0 Å². The minimum absolute atomic E-state index is 0.0130. The maximum atomic E-state index is 12.2. The number of rotatable bonds is 6. The van der Waals surface area contributed by atoms with Crippen LogP contribution in [0.1, 0.15) is 39.5 Å². The molecule has 0 aromatic heterocycles. The van der Waals surface area contributed by atoms with Crippen molar-refractivity contribution in [3.8, 4) is 0 Å². The third-order valence-electron chi connectivity index (χ3n) is 3.47. The van der Waals surface area contributed by atoms with Gasteiger partial charge >= 0.3 is 0 Å². The van der Waals surface area contributed by atoms with Crippen LogP contribution in [0, 0.1) is 0 Å². The molecule has 1 aliphatic rings. The monoisotopic (exact) mass is 260 g/mol. The molecule has 1 fully saturated rings. The molecule has 5 heteroatoms. The first-order valence-electron chi connectivity index (χ1n) is 6.37. The number of hydrogen-bond acceptors (Lipinski definition) is 3. The summed E-state index contributed by atoms with van der Waals surface area (Å²) in [6, 6.07) is 0. The molecule has 0 bridgehead atoms. The smallest absolute Gasteiger partial charge is 0.240 e. The average Bonchev–Trinajstić information content (AvgIpc) is 2.75. The highest BCUT2D eigenvalue weighted by atomic mass is 32.2. The largest absolute Gasteiger partial charge is 0.353 e. The Balaban J connectivity index is 2.52. The van der Waals surface area contributed by atoms with Crippen molar-refractivity contribution < 1.29 is 9.00 Å². The number of hydrogen-bond donors (Lipinski definition) is 2. The fourth-order valence-electron chi connectivity index (χ4n) is 2.28. The van der Waals surface area contributed by atoms with Gasteiger partial charge in [0, 0.05) is 28.9 Å². The summed E-state index contributed by atoms with van der Waals surface area (Å²) in [7, 11) is -0.881. The summed E-state index contributed by atoms with van der Waals surface area (Å²) in [4.78, 5) is 12.2. The highest BCUT2D eigenvalue weighted by Gasteiger charge is 2.39. The Hall–Kier alpha value is -0.420. The van der Waals surface area contributed by atoms with E-state index in [0.717, 1.165) is 32.2 Å². The average molecular weight is 260 g/mol. The molecule has 0 spiro atoms. The molecule has 3 atom stereocenters. The molecular weight excluding hydrogens is 236 g/mol. The van der Waals surface area contributed by atoms with Crippen LogP contribution in [0.25, 0.3) is 0 Å². The van der Waals surface area contributed by atoms with Crippen LogP contribution in [0.15, 0.2) is 0 Å². The molecule has 100 valence electrons. The molecule has 17 heavy (non-hydrogen) atoms. The van der Waals surface area contributed by atoms with Gasteiger partial charge < -0.3 is 10.6 Å². The highest BCUT2D eigenvalue weighted by molar-refractivity contribution is 7.84. The minimum Gasteiger partial charge on any atom is -0.353 e. The molecule has 0 aliphatic carbocycles. The highest BCUT2D eigenvalue weighted by Crippen LogP contribution is 2.24. The van der Waals surface area contributed by atoms with Crippen molar-refractivity contribution in [2.75, 3.05) is 19.3 Å². The van der Waals surface area contributed by atoms with Gasteiger partial charge in [-0.05, 0) is 32.7 Å². The van der Waals surface area contributed by atoms with Gasteiger partial charge in [-0.3, -0.25) is 9.00 Å². The molecule has 4 nitrogen and oxygen atoms in total. The van der Waals surface area contributed by atoms with Crippen LogP contribution in [0.4, 0.5) is 0 Å². The molecule has 1 saturated heterocycles. The van der Waals surface area contributed by atoms with E-state index in [-0.39, 0.29) is 16.7 Å². The summed E-state index contributed by atoms with van der Waals surface area (Å²) in [6.45, 7) is 5.40. The number of amides is 1. The Bertz CT molecular complexity index is 288. The lowest BCUT2D eigenvalue weighted by molar-refractivity contribution is -0.127. The lowest BCUT2D eigenvalue weighted by Gasteiger charge is -2.28. The van der Waals surface area contributed by atoms with Crippen LogP contribution in [0.2, 0.25) is 0 Å². The van der Waals surface area contributed by atoms with Crippen molar-refractivity contribution in [2.45, 2.75) is 50.3 Å².